The lowest BCUT2D eigenvalue weighted by Crippen LogP contribution is -2.08. The predicted octanol–water partition coefficient (Wildman–Crippen LogP) is 3.22. The molecular weight excluding hydrogens is 348 g/mol. The number of halogens is 2. The Kier molecular flexibility index (Phi) is 4.01. The summed E-state index contributed by atoms with van der Waals surface area (Å²) in [5.74, 6) is 0. The molecule has 0 spiro atoms. The average molecular weight is 360 g/mol. The van der Waals surface area contributed by atoms with Crippen molar-refractivity contribution in [3.05, 3.63) is 50.7 Å². The number of rotatable bonds is 3. The highest BCUT2D eigenvalue weighted by molar-refractivity contribution is 9.10. The third-order valence-electron chi connectivity index (χ3n) is 2.62. The van der Waals surface area contributed by atoms with Crippen molar-refractivity contribution < 1.29 is 5.11 Å². The van der Waals surface area contributed by atoms with Gasteiger partial charge in [0.05, 0.1) is 16.4 Å². The van der Waals surface area contributed by atoms with E-state index >= 15 is 0 Å². The molecule has 1 aromatic heterocycles. The summed E-state index contributed by atoms with van der Waals surface area (Å²) < 4.78 is 3.53. The summed E-state index contributed by atoms with van der Waals surface area (Å²) in [6.45, 7) is 0. The lowest BCUT2D eigenvalue weighted by atomic mass is 10.1. The van der Waals surface area contributed by atoms with Crippen molar-refractivity contribution in [1.82, 2.24) is 9.78 Å². The lowest BCUT2D eigenvalue weighted by molar-refractivity contribution is 0.167. The smallest absolute Gasteiger partial charge is 0.101 e. The Balaban J connectivity index is 2.23. The first kappa shape index (κ1) is 12.8. The maximum atomic E-state index is 10.2. The number of aliphatic hydroxyl groups excluding tert-OH is 1. The molecule has 1 aromatic carbocycles. The minimum atomic E-state index is -0.574. The van der Waals surface area contributed by atoms with Gasteiger partial charge in [-0.1, -0.05) is 34.1 Å². The third kappa shape index (κ3) is 2.78. The zero-order valence-electron chi connectivity index (χ0n) is 9.27. The molecule has 2 rings (SSSR count). The first-order valence-corrected chi connectivity index (χ1v) is 6.77. The molecule has 0 aliphatic heterocycles. The van der Waals surface area contributed by atoms with E-state index in [0.717, 1.165) is 20.2 Å². The second-order valence-corrected chi connectivity index (χ2v) is 5.52. The average Bonchev–Trinajstić information content (AvgIpc) is 2.62. The summed E-state index contributed by atoms with van der Waals surface area (Å²) in [5, 5.41) is 14.3. The standard InChI is InChI=1S/C12H12Br2N2O/c1-16-12(10(14)7-15-16)11(17)6-8-4-2-3-5-9(8)13/h2-5,7,11,17H,6H2,1H3. The van der Waals surface area contributed by atoms with Crippen LogP contribution in [0.1, 0.15) is 17.4 Å². The molecular formula is C12H12Br2N2O. The lowest BCUT2D eigenvalue weighted by Gasteiger charge is -2.13. The number of hydrogen-bond donors (Lipinski definition) is 1. The fourth-order valence-electron chi connectivity index (χ4n) is 1.76. The van der Waals surface area contributed by atoms with Gasteiger partial charge in [-0.05, 0) is 27.6 Å². The molecule has 0 radical (unpaired) electrons. The van der Waals surface area contributed by atoms with Crippen LogP contribution in [0.25, 0.3) is 0 Å². The van der Waals surface area contributed by atoms with Crippen molar-refractivity contribution in [2.45, 2.75) is 12.5 Å². The Hall–Kier alpha value is -0.650. The van der Waals surface area contributed by atoms with Gasteiger partial charge in [-0.3, -0.25) is 4.68 Å². The van der Waals surface area contributed by atoms with Gasteiger partial charge in [0.2, 0.25) is 0 Å². The zero-order valence-corrected chi connectivity index (χ0v) is 12.4. The normalized spacial score (nSPS) is 12.7. The van der Waals surface area contributed by atoms with E-state index in [2.05, 4.69) is 37.0 Å². The number of aryl methyl sites for hydroxylation is 1. The van der Waals surface area contributed by atoms with Crippen molar-refractivity contribution in [3.8, 4) is 0 Å². The molecule has 5 heteroatoms. The SMILES string of the molecule is Cn1ncc(Br)c1C(O)Cc1ccccc1Br. The van der Waals surface area contributed by atoms with Crippen LogP contribution < -0.4 is 0 Å². The highest BCUT2D eigenvalue weighted by atomic mass is 79.9. The second-order valence-electron chi connectivity index (χ2n) is 3.81. The van der Waals surface area contributed by atoms with Crippen LogP contribution in [0.5, 0.6) is 0 Å². The molecule has 0 saturated heterocycles. The van der Waals surface area contributed by atoms with Gasteiger partial charge in [0.15, 0.2) is 0 Å². The highest BCUT2D eigenvalue weighted by Crippen LogP contribution is 2.27. The maximum absolute atomic E-state index is 10.2. The van der Waals surface area contributed by atoms with Crippen LogP contribution in [0.4, 0.5) is 0 Å². The summed E-state index contributed by atoms with van der Waals surface area (Å²) in [6, 6.07) is 7.89. The Morgan fingerprint density at radius 2 is 2.00 bits per heavy atom. The van der Waals surface area contributed by atoms with E-state index in [0.29, 0.717) is 6.42 Å². The number of hydrogen-bond acceptors (Lipinski definition) is 2. The molecule has 2 aromatic rings. The third-order valence-corrected chi connectivity index (χ3v) is 4.01. The van der Waals surface area contributed by atoms with E-state index < -0.39 is 6.10 Å². The molecule has 0 bridgehead atoms. The van der Waals surface area contributed by atoms with E-state index in [1.807, 2.05) is 31.3 Å². The van der Waals surface area contributed by atoms with Crippen LogP contribution in [0.3, 0.4) is 0 Å². The first-order valence-electron chi connectivity index (χ1n) is 5.18. The van der Waals surface area contributed by atoms with Crippen LogP contribution in [-0.4, -0.2) is 14.9 Å². The summed E-state index contributed by atoms with van der Waals surface area (Å²) in [7, 11) is 1.82. The monoisotopic (exact) mass is 358 g/mol. The molecule has 0 fully saturated rings. The van der Waals surface area contributed by atoms with Crippen LogP contribution >= 0.6 is 31.9 Å². The van der Waals surface area contributed by atoms with Crippen molar-refractivity contribution in [1.29, 1.82) is 0 Å². The number of nitrogens with zero attached hydrogens (tertiary/aromatic N) is 2. The molecule has 0 amide bonds. The molecule has 1 N–H and O–H groups in total. The zero-order chi connectivity index (χ0) is 12.4. The molecule has 90 valence electrons. The van der Waals surface area contributed by atoms with E-state index in [1.54, 1.807) is 10.9 Å². The molecule has 0 aliphatic rings. The fourth-order valence-corrected chi connectivity index (χ4v) is 2.82. The van der Waals surface area contributed by atoms with Crippen LogP contribution in [0.15, 0.2) is 39.4 Å². The molecule has 0 saturated carbocycles. The molecule has 1 heterocycles. The van der Waals surface area contributed by atoms with E-state index in [4.69, 9.17) is 0 Å². The second kappa shape index (κ2) is 5.33. The minimum absolute atomic E-state index is 0.555. The van der Waals surface area contributed by atoms with Crippen LogP contribution in [0.2, 0.25) is 0 Å². The largest absolute Gasteiger partial charge is 0.386 e. The molecule has 1 atom stereocenters. The minimum Gasteiger partial charge on any atom is -0.386 e. The van der Waals surface area contributed by atoms with E-state index in [9.17, 15) is 5.11 Å². The van der Waals surface area contributed by atoms with Gasteiger partial charge in [-0.15, -0.1) is 0 Å². The number of benzene rings is 1. The Morgan fingerprint density at radius 1 is 1.29 bits per heavy atom. The van der Waals surface area contributed by atoms with Crippen molar-refractivity contribution in [2.75, 3.05) is 0 Å². The van der Waals surface area contributed by atoms with Gasteiger partial charge in [0, 0.05) is 17.9 Å². The summed E-state index contributed by atoms with van der Waals surface area (Å²) >= 11 is 6.87. The Labute approximate surface area is 117 Å². The van der Waals surface area contributed by atoms with Gasteiger partial charge < -0.3 is 5.11 Å². The highest BCUT2D eigenvalue weighted by Gasteiger charge is 2.17. The fraction of sp³-hybridized carbons (Fsp3) is 0.250. The van der Waals surface area contributed by atoms with Gasteiger partial charge in [0.1, 0.15) is 6.10 Å². The number of aliphatic hydroxyl groups is 1. The predicted molar refractivity (Wildman–Crippen MR) is 73.7 cm³/mol. The van der Waals surface area contributed by atoms with Crippen LogP contribution in [0, 0.1) is 0 Å². The van der Waals surface area contributed by atoms with Gasteiger partial charge >= 0.3 is 0 Å². The van der Waals surface area contributed by atoms with Crippen LogP contribution in [-0.2, 0) is 13.5 Å². The van der Waals surface area contributed by atoms with Gasteiger partial charge in [0.25, 0.3) is 0 Å². The van der Waals surface area contributed by atoms with E-state index in [1.165, 1.54) is 0 Å². The quantitative estimate of drug-likeness (QED) is 0.913. The summed E-state index contributed by atoms with van der Waals surface area (Å²) in [5.41, 5.74) is 1.87. The Bertz CT molecular complexity index is 505. The topological polar surface area (TPSA) is 38.0 Å². The summed E-state index contributed by atoms with van der Waals surface area (Å²) in [4.78, 5) is 0. The first-order chi connectivity index (χ1) is 8.09. The van der Waals surface area contributed by atoms with Crippen molar-refractivity contribution in [3.63, 3.8) is 0 Å². The molecule has 17 heavy (non-hydrogen) atoms. The van der Waals surface area contributed by atoms with E-state index in [-0.39, 0.29) is 0 Å². The molecule has 0 aliphatic carbocycles. The Morgan fingerprint density at radius 3 is 2.59 bits per heavy atom. The number of aromatic nitrogens is 2. The molecule has 3 nitrogen and oxygen atoms in total. The van der Waals surface area contributed by atoms with Gasteiger partial charge in [-0.25, -0.2) is 0 Å². The summed E-state index contributed by atoms with van der Waals surface area (Å²) in [6.07, 6.45) is 1.67. The van der Waals surface area contributed by atoms with Gasteiger partial charge in [-0.2, -0.15) is 5.10 Å². The maximum Gasteiger partial charge on any atom is 0.101 e. The molecule has 1 unspecified atom stereocenters. The van der Waals surface area contributed by atoms with Crippen molar-refractivity contribution in [2.24, 2.45) is 7.05 Å². The van der Waals surface area contributed by atoms with Crippen molar-refractivity contribution >= 4 is 31.9 Å².